The van der Waals surface area contributed by atoms with Crippen LogP contribution in [0.1, 0.15) is 38.5 Å². The van der Waals surface area contributed by atoms with Gasteiger partial charge in [-0.15, -0.1) is 0 Å². The quantitative estimate of drug-likeness (QED) is 0.732. The highest BCUT2D eigenvalue weighted by atomic mass is 16.2. The molecule has 4 fully saturated rings. The topological polar surface area (TPSA) is 84.6 Å². The molecule has 4 bridgehead atoms. The van der Waals surface area contributed by atoms with E-state index in [0.717, 1.165) is 30.1 Å². The second kappa shape index (κ2) is 4.38. The highest BCUT2D eigenvalue weighted by molar-refractivity contribution is 6.18. The van der Waals surface area contributed by atoms with Crippen molar-refractivity contribution in [3.8, 4) is 0 Å². The number of nitrogens with two attached hydrogens (primary N) is 1. The van der Waals surface area contributed by atoms with E-state index in [1.54, 1.807) is 0 Å². The fourth-order valence-electron chi connectivity index (χ4n) is 5.25. The first-order chi connectivity index (χ1) is 9.60. The van der Waals surface area contributed by atoms with Crippen LogP contribution < -0.4 is 11.1 Å². The molecule has 0 aromatic heterocycles. The smallest absolute Gasteiger partial charge is 0.273 e. The molecule has 0 aromatic carbocycles. The van der Waals surface area contributed by atoms with Gasteiger partial charge in [0.1, 0.15) is 5.84 Å². The van der Waals surface area contributed by atoms with Gasteiger partial charge in [0.2, 0.25) is 0 Å². The van der Waals surface area contributed by atoms with Gasteiger partial charge in [-0.05, 0) is 61.7 Å². The standard InChI is InChI=1S/C15H21N3O2/c16-13-14(19)17-12(18-15(13)20)6-11-9-2-7-1-8(4-9)5-10(11)3-7/h7-11,13H,1-6,16H2,(H,17,18,19,20). The summed E-state index contributed by atoms with van der Waals surface area (Å²) in [5, 5.41) is 2.72. The van der Waals surface area contributed by atoms with Crippen LogP contribution in [0.4, 0.5) is 0 Å². The lowest BCUT2D eigenvalue weighted by molar-refractivity contribution is -0.129. The predicted octanol–water partition coefficient (Wildman–Crippen LogP) is 0.831. The lowest BCUT2D eigenvalue weighted by Gasteiger charge is -2.54. The third-order valence-electron chi connectivity index (χ3n) is 5.91. The Morgan fingerprint density at radius 3 is 2.20 bits per heavy atom. The molecule has 0 radical (unpaired) electrons. The maximum Gasteiger partial charge on any atom is 0.273 e. The molecule has 4 aliphatic carbocycles. The monoisotopic (exact) mass is 275 g/mol. The van der Waals surface area contributed by atoms with Gasteiger partial charge in [0.05, 0.1) is 0 Å². The van der Waals surface area contributed by atoms with Crippen molar-refractivity contribution < 1.29 is 9.59 Å². The first-order valence-electron chi connectivity index (χ1n) is 7.78. The Morgan fingerprint density at radius 2 is 1.65 bits per heavy atom. The maximum atomic E-state index is 11.6. The number of carbonyl (C=O) groups is 2. The third kappa shape index (κ3) is 1.91. The summed E-state index contributed by atoms with van der Waals surface area (Å²) >= 11 is 0. The summed E-state index contributed by atoms with van der Waals surface area (Å²) in [4.78, 5) is 27.2. The zero-order valence-corrected chi connectivity index (χ0v) is 11.5. The highest BCUT2D eigenvalue weighted by Crippen LogP contribution is 2.57. The minimum absolute atomic E-state index is 0.399. The average molecular weight is 275 g/mol. The molecular weight excluding hydrogens is 254 g/mol. The van der Waals surface area contributed by atoms with Crippen molar-refractivity contribution in [2.45, 2.75) is 44.6 Å². The van der Waals surface area contributed by atoms with E-state index in [1.165, 1.54) is 32.1 Å². The zero-order valence-electron chi connectivity index (χ0n) is 11.5. The molecule has 5 nitrogen and oxygen atoms in total. The first kappa shape index (κ1) is 12.5. The van der Waals surface area contributed by atoms with Gasteiger partial charge in [-0.25, -0.2) is 0 Å². The predicted molar refractivity (Wildman–Crippen MR) is 73.7 cm³/mol. The van der Waals surface area contributed by atoms with Gasteiger partial charge in [0, 0.05) is 6.42 Å². The lowest BCUT2D eigenvalue weighted by atomic mass is 9.51. The summed E-state index contributed by atoms with van der Waals surface area (Å²) in [6.07, 6.45) is 7.54. The number of aliphatic imine (C=N–C) groups is 1. The summed E-state index contributed by atoms with van der Waals surface area (Å²) in [6.45, 7) is 0. The minimum Gasteiger partial charge on any atom is -0.312 e. The van der Waals surface area contributed by atoms with E-state index in [1.807, 2.05) is 0 Å². The van der Waals surface area contributed by atoms with Gasteiger partial charge < -0.3 is 11.1 Å². The van der Waals surface area contributed by atoms with Crippen LogP contribution in [-0.4, -0.2) is 23.7 Å². The van der Waals surface area contributed by atoms with Crippen LogP contribution in [0, 0.1) is 29.6 Å². The van der Waals surface area contributed by atoms with E-state index >= 15 is 0 Å². The average Bonchev–Trinajstić information content (AvgIpc) is 2.39. The van der Waals surface area contributed by atoms with Gasteiger partial charge in [-0.3, -0.25) is 9.59 Å². The van der Waals surface area contributed by atoms with Gasteiger partial charge in [0.25, 0.3) is 11.8 Å². The molecule has 5 heteroatoms. The van der Waals surface area contributed by atoms with Crippen molar-refractivity contribution >= 4 is 17.6 Å². The molecule has 2 amide bonds. The number of hydrogen-bond donors (Lipinski definition) is 2. The van der Waals surface area contributed by atoms with Gasteiger partial charge in [-0.2, -0.15) is 4.99 Å². The Balaban J connectivity index is 1.51. The molecule has 1 aliphatic heterocycles. The van der Waals surface area contributed by atoms with E-state index < -0.39 is 17.9 Å². The number of nitrogens with zero attached hydrogens (tertiary/aromatic N) is 1. The molecule has 0 saturated heterocycles. The number of nitrogens with one attached hydrogen (secondary N) is 1. The van der Waals surface area contributed by atoms with Gasteiger partial charge in [0.15, 0.2) is 6.04 Å². The largest absolute Gasteiger partial charge is 0.312 e. The molecular formula is C15H21N3O2. The van der Waals surface area contributed by atoms with Crippen molar-refractivity contribution in [3.63, 3.8) is 0 Å². The van der Waals surface area contributed by atoms with Crippen molar-refractivity contribution in [1.82, 2.24) is 5.32 Å². The van der Waals surface area contributed by atoms with Crippen molar-refractivity contribution in [1.29, 1.82) is 0 Å². The number of rotatable bonds is 2. The Kier molecular flexibility index (Phi) is 2.74. The van der Waals surface area contributed by atoms with Gasteiger partial charge in [-0.1, -0.05) is 0 Å². The van der Waals surface area contributed by atoms with Crippen LogP contribution >= 0.6 is 0 Å². The second-order valence-electron chi connectivity index (χ2n) is 7.16. The first-order valence-corrected chi connectivity index (χ1v) is 7.78. The molecule has 3 N–H and O–H groups in total. The molecule has 1 heterocycles. The summed E-state index contributed by atoms with van der Waals surface area (Å²) in [6, 6.07) is -1.11. The van der Waals surface area contributed by atoms with Crippen molar-refractivity contribution in [2.75, 3.05) is 0 Å². The van der Waals surface area contributed by atoms with E-state index in [-0.39, 0.29) is 0 Å². The molecule has 0 aromatic rings. The maximum absolute atomic E-state index is 11.6. The summed E-state index contributed by atoms with van der Waals surface area (Å²) < 4.78 is 0. The molecule has 108 valence electrons. The molecule has 5 aliphatic rings. The van der Waals surface area contributed by atoms with Crippen LogP contribution in [0.5, 0.6) is 0 Å². The van der Waals surface area contributed by atoms with E-state index in [2.05, 4.69) is 10.3 Å². The van der Waals surface area contributed by atoms with Crippen LogP contribution in [0.25, 0.3) is 0 Å². The highest BCUT2D eigenvalue weighted by Gasteiger charge is 2.48. The Morgan fingerprint density at radius 1 is 1.05 bits per heavy atom. The van der Waals surface area contributed by atoms with Crippen LogP contribution in [0.15, 0.2) is 4.99 Å². The molecule has 0 spiro atoms. The van der Waals surface area contributed by atoms with Crippen LogP contribution in [-0.2, 0) is 9.59 Å². The van der Waals surface area contributed by atoms with Crippen LogP contribution in [0.3, 0.4) is 0 Å². The lowest BCUT2D eigenvalue weighted by Crippen LogP contribution is -2.53. The number of carbonyl (C=O) groups excluding carboxylic acids is 2. The number of amidine groups is 1. The second-order valence-corrected chi connectivity index (χ2v) is 7.16. The normalized spacial score (nSPS) is 46.4. The molecule has 4 saturated carbocycles. The summed E-state index contributed by atoms with van der Waals surface area (Å²) in [5.74, 6) is 3.69. The molecule has 5 rings (SSSR count). The molecule has 1 atom stereocenters. The van der Waals surface area contributed by atoms with Crippen molar-refractivity contribution in [3.05, 3.63) is 0 Å². The molecule has 20 heavy (non-hydrogen) atoms. The SMILES string of the molecule is NC1C(=O)N=C(CC2C3CC4CC(C3)CC2C4)NC1=O. The van der Waals surface area contributed by atoms with Crippen molar-refractivity contribution in [2.24, 2.45) is 40.3 Å². The summed E-state index contributed by atoms with van der Waals surface area (Å²) in [5.41, 5.74) is 5.46. The number of hydrogen-bond acceptors (Lipinski definition) is 3. The fourth-order valence-corrected chi connectivity index (χ4v) is 5.25. The number of amides is 2. The molecule has 1 unspecified atom stereocenters. The Bertz CT molecular complexity index is 471. The van der Waals surface area contributed by atoms with E-state index in [0.29, 0.717) is 11.8 Å². The zero-order chi connectivity index (χ0) is 13.9. The minimum atomic E-state index is -1.11. The Hall–Kier alpha value is -1.23. The fraction of sp³-hybridized carbons (Fsp3) is 0.800. The Labute approximate surface area is 118 Å². The van der Waals surface area contributed by atoms with E-state index in [9.17, 15) is 9.59 Å². The third-order valence-corrected chi connectivity index (χ3v) is 5.91. The van der Waals surface area contributed by atoms with Gasteiger partial charge >= 0.3 is 0 Å². The van der Waals surface area contributed by atoms with Crippen LogP contribution in [0.2, 0.25) is 0 Å². The van der Waals surface area contributed by atoms with E-state index in [4.69, 9.17) is 5.73 Å². The summed E-state index contributed by atoms with van der Waals surface area (Å²) in [7, 11) is 0.